The van der Waals surface area contributed by atoms with Crippen molar-refractivity contribution in [2.45, 2.75) is 90.0 Å². The van der Waals surface area contributed by atoms with E-state index in [9.17, 15) is 0 Å². The van der Waals surface area contributed by atoms with E-state index in [1.54, 1.807) is 0 Å². The lowest BCUT2D eigenvalue weighted by molar-refractivity contribution is -0.0522. The first-order chi connectivity index (χ1) is 13.8. The molecule has 0 aromatic heterocycles. The fourth-order valence-corrected chi connectivity index (χ4v) is 5.33. The van der Waals surface area contributed by atoms with E-state index in [1.807, 2.05) is 0 Å². The molecular formula is C26H42N2O. The minimum absolute atomic E-state index is 0.142. The van der Waals surface area contributed by atoms with Crippen molar-refractivity contribution < 1.29 is 4.74 Å². The molecule has 0 heterocycles. The van der Waals surface area contributed by atoms with E-state index >= 15 is 0 Å². The van der Waals surface area contributed by atoms with Crippen LogP contribution in [-0.2, 0) is 10.2 Å². The van der Waals surface area contributed by atoms with Crippen molar-refractivity contribution in [2.75, 3.05) is 0 Å². The van der Waals surface area contributed by atoms with Gasteiger partial charge in [-0.3, -0.25) is 0 Å². The highest BCUT2D eigenvalue weighted by atomic mass is 16.5. The Hall–Kier alpha value is -1.16. The maximum atomic E-state index is 6.43. The SMILES string of the molecule is C=CC1CCC(C2CCC(C(N)OC(N)c3ccc(C(C)(C)C)cc3)CC2)CC1. The van der Waals surface area contributed by atoms with Crippen LogP contribution in [0.4, 0.5) is 0 Å². The molecule has 0 saturated heterocycles. The quantitative estimate of drug-likeness (QED) is 0.453. The van der Waals surface area contributed by atoms with E-state index in [4.69, 9.17) is 16.2 Å². The van der Waals surface area contributed by atoms with Crippen LogP contribution in [0.3, 0.4) is 0 Å². The Morgan fingerprint density at radius 3 is 1.90 bits per heavy atom. The molecule has 2 aliphatic carbocycles. The summed E-state index contributed by atoms with van der Waals surface area (Å²) in [6.07, 6.45) is 11.8. The molecule has 0 aliphatic heterocycles. The number of benzene rings is 1. The minimum atomic E-state index is -0.453. The average Bonchev–Trinajstić information content (AvgIpc) is 2.73. The molecule has 0 amide bonds. The Morgan fingerprint density at radius 2 is 1.41 bits per heavy atom. The van der Waals surface area contributed by atoms with Gasteiger partial charge >= 0.3 is 0 Å². The molecule has 2 atom stereocenters. The number of hydrogen-bond donors (Lipinski definition) is 2. The van der Waals surface area contributed by atoms with Crippen LogP contribution in [0.15, 0.2) is 36.9 Å². The lowest BCUT2D eigenvalue weighted by atomic mass is 9.69. The molecule has 1 aromatic carbocycles. The van der Waals surface area contributed by atoms with Gasteiger partial charge in [0.05, 0.1) is 0 Å². The second kappa shape index (κ2) is 9.76. The van der Waals surface area contributed by atoms with Crippen LogP contribution in [0.25, 0.3) is 0 Å². The molecule has 3 rings (SSSR count). The Bertz CT molecular complexity index is 632. The first kappa shape index (κ1) is 22.5. The number of ether oxygens (including phenoxy) is 1. The molecule has 0 radical (unpaired) electrons. The number of rotatable bonds is 6. The first-order valence-corrected chi connectivity index (χ1v) is 11.7. The number of allylic oxidation sites excluding steroid dienone is 1. The van der Waals surface area contributed by atoms with Crippen molar-refractivity contribution in [1.82, 2.24) is 0 Å². The van der Waals surface area contributed by atoms with Gasteiger partial charge in [0, 0.05) is 0 Å². The van der Waals surface area contributed by atoms with Crippen molar-refractivity contribution in [1.29, 1.82) is 0 Å². The zero-order chi connectivity index (χ0) is 21.0. The van der Waals surface area contributed by atoms with Gasteiger partial charge in [-0.15, -0.1) is 6.58 Å². The third-order valence-electron chi connectivity index (χ3n) is 7.51. The van der Waals surface area contributed by atoms with Crippen LogP contribution in [0.1, 0.15) is 89.5 Å². The van der Waals surface area contributed by atoms with Gasteiger partial charge in [0.25, 0.3) is 0 Å². The average molecular weight is 399 g/mol. The maximum Gasteiger partial charge on any atom is 0.133 e. The van der Waals surface area contributed by atoms with Gasteiger partial charge in [-0.2, -0.15) is 0 Å². The van der Waals surface area contributed by atoms with Crippen molar-refractivity contribution in [3.05, 3.63) is 48.0 Å². The second-order valence-corrected chi connectivity index (χ2v) is 10.5. The Kier molecular flexibility index (Phi) is 7.58. The van der Waals surface area contributed by atoms with E-state index < -0.39 is 6.23 Å². The summed E-state index contributed by atoms with van der Waals surface area (Å²) in [5.74, 6) is 2.97. The molecule has 29 heavy (non-hydrogen) atoms. The summed E-state index contributed by atoms with van der Waals surface area (Å²) in [4.78, 5) is 0. The van der Waals surface area contributed by atoms with Gasteiger partial charge < -0.3 is 16.2 Å². The van der Waals surface area contributed by atoms with Crippen LogP contribution in [-0.4, -0.2) is 6.23 Å². The van der Waals surface area contributed by atoms with Crippen molar-refractivity contribution in [3.63, 3.8) is 0 Å². The normalized spacial score (nSPS) is 30.5. The van der Waals surface area contributed by atoms with E-state index in [2.05, 4.69) is 57.7 Å². The summed E-state index contributed by atoms with van der Waals surface area (Å²) >= 11 is 0. The fourth-order valence-electron chi connectivity index (χ4n) is 5.33. The first-order valence-electron chi connectivity index (χ1n) is 11.7. The Balaban J connectivity index is 1.45. The molecular weight excluding hydrogens is 356 g/mol. The Morgan fingerprint density at radius 1 is 0.897 bits per heavy atom. The summed E-state index contributed by atoms with van der Waals surface area (Å²) in [7, 11) is 0. The number of hydrogen-bond acceptors (Lipinski definition) is 3. The zero-order valence-electron chi connectivity index (χ0n) is 18.8. The molecule has 1 aromatic rings. The molecule has 0 bridgehead atoms. The van der Waals surface area contributed by atoms with E-state index in [0.717, 1.165) is 23.3 Å². The smallest absolute Gasteiger partial charge is 0.133 e. The van der Waals surface area contributed by atoms with E-state index in [-0.39, 0.29) is 11.6 Å². The van der Waals surface area contributed by atoms with Gasteiger partial charge in [-0.05, 0) is 91.6 Å². The van der Waals surface area contributed by atoms with Crippen LogP contribution in [0.5, 0.6) is 0 Å². The molecule has 2 saturated carbocycles. The van der Waals surface area contributed by atoms with E-state index in [0.29, 0.717) is 5.92 Å². The maximum absolute atomic E-state index is 6.43. The summed E-state index contributed by atoms with van der Waals surface area (Å²) in [5.41, 5.74) is 15.2. The molecule has 0 spiro atoms. The highest BCUT2D eigenvalue weighted by Crippen LogP contribution is 2.42. The zero-order valence-corrected chi connectivity index (χ0v) is 18.8. The summed E-state index contributed by atoms with van der Waals surface area (Å²) in [5, 5.41) is 0. The molecule has 3 heteroatoms. The van der Waals surface area contributed by atoms with Crippen LogP contribution in [0.2, 0.25) is 0 Å². The highest BCUT2D eigenvalue weighted by Gasteiger charge is 2.33. The molecule has 2 aliphatic rings. The minimum Gasteiger partial charge on any atom is -0.341 e. The van der Waals surface area contributed by atoms with Gasteiger partial charge in [0.1, 0.15) is 12.5 Å². The van der Waals surface area contributed by atoms with Gasteiger partial charge in [0.15, 0.2) is 0 Å². The largest absolute Gasteiger partial charge is 0.341 e. The predicted molar refractivity (Wildman–Crippen MR) is 122 cm³/mol. The molecule has 3 nitrogen and oxygen atoms in total. The standard InChI is InChI=1S/C26H42N2O/c1-5-18-6-8-19(9-7-18)20-10-12-21(13-11-20)24(27)29-25(28)22-14-16-23(17-15-22)26(2,3)4/h5,14-21,24-25H,1,6-13,27-28H2,2-4H3. The fraction of sp³-hybridized carbons (Fsp3) is 0.692. The molecule has 162 valence electrons. The summed E-state index contributed by atoms with van der Waals surface area (Å²) in [6, 6.07) is 8.45. The van der Waals surface area contributed by atoms with Gasteiger partial charge in [0.2, 0.25) is 0 Å². The van der Waals surface area contributed by atoms with Crippen LogP contribution < -0.4 is 11.5 Å². The molecule has 4 N–H and O–H groups in total. The van der Waals surface area contributed by atoms with Crippen molar-refractivity contribution in [3.8, 4) is 0 Å². The number of nitrogens with two attached hydrogens (primary N) is 2. The van der Waals surface area contributed by atoms with Crippen LogP contribution >= 0.6 is 0 Å². The lowest BCUT2D eigenvalue weighted by Gasteiger charge is -2.39. The Labute approximate surface area is 178 Å². The lowest BCUT2D eigenvalue weighted by Crippen LogP contribution is -2.39. The molecule has 2 fully saturated rings. The topological polar surface area (TPSA) is 61.3 Å². The second-order valence-electron chi connectivity index (χ2n) is 10.5. The van der Waals surface area contributed by atoms with Crippen molar-refractivity contribution >= 4 is 0 Å². The molecule has 2 unspecified atom stereocenters. The summed E-state index contributed by atoms with van der Waals surface area (Å²) in [6.45, 7) is 10.6. The monoisotopic (exact) mass is 398 g/mol. The highest BCUT2D eigenvalue weighted by molar-refractivity contribution is 5.28. The van der Waals surface area contributed by atoms with Gasteiger partial charge in [-0.25, -0.2) is 0 Å². The van der Waals surface area contributed by atoms with Gasteiger partial charge in [-0.1, -0.05) is 51.1 Å². The van der Waals surface area contributed by atoms with E-state index in [1.165, 1.54) is 56.9 Å². The van der Waals surface area contributed by atoms with Crippen LogP contribution in [0, 0.1) is 23.7 Å². The third kappa shape index (κ3) is 5.93. The third-order valence-corrected chi connectivity index (χ3v) is 7.51. The summed E-state index contributed by atoms with van der Waals surface area (Å²) < 4.78 is 6.06. The predicted octanol–water partition coefficient (Wildman–Crippen LogP) is 6.04. The van der Waals surface area contributed by atoms with Crippen molar-refractivity contribution in [2.24, 2.45) is 35.1 Å².